The molecule has 0 saturated carbocycles. The summed E-state index contributed by atoms with van der Waals surface area (Å²) in [6.45, 7) is 1.54. The maximum Gasteiger partial charge on any atom is 0.232 e. The number of aromatic nitrogens is 1. The Morgan fingerprint density at radius 1 is 1.33 bits per heavy atom. The third-order valence-electron chi connectivity index (χ3n) is 4.17. The predicted octanol–water partition coefficient (Wildman–Crippen LogP) is 2.28. The minimum atomic E-state index is -0.503. The molecule has 0 aliphatic carbocycles. The van der Waals surface area contributed by atoms with Crippen LogP contribution in [0.3, 0.4) is 0 Å². The standard InChI is InChI=1S/C15H19N3O2.ClH/c16-10-15(5-8-20-9-6-15)14(19)18-13-3-1-2-12-11(13)4-7-17-12;/h1-4,7,17H,5-6,8-10,16H2,(H,18,19);1H. The van der Waals surface area contributed by atoms with Crippen LogP contribution in [0.25, 0.3) is 10.9 Å². The summed E-state index contributed by atoms with van der Waals surface area (Å²) in [6.07, 6.45) is 3.23. The van der Waals surface area contributed by atoms with Crippen molar-refractivity contribution in [1.82, 2.24) is 4.98 Å². The Morgan fingerprint density at radius 2 is 2.10 bits per heavy atom. The molecule has 1 fully saturated rings. The fourth-order valence-corrected chi connectivity index (χ4v) is 2.74. The van der Waals surface area contributed by atoms with E-state index >= 15 is 0 Å². The third-order valence-corrected chi connectivity index (χ3v) is 4.17. The molecule has 1 aliphatic heterocycles. The molecular weight excluding hydrogens is 290 g/mol. The van der Waals surface area contributed by atoms with Crippen LogP contribution >= 0.6 is 12.4 Å². The summed E-state index contributed by atoms with van der Waals surface area (Å²) >= 11 is 0. The van der Waals surface area contributed by atoms with E-state index in [2.05, 4.69) is 10.3 Å². The van der Waals surface area contributed by atoms with E-state index in [1.54, 1.807) is 0 Å². The number of halogens is 1. The summed E-state index contributed by atoms with van der Waals surface area (Å²) in [4.78, 5) is 15.8. The number of ether oxygens (including phenoxy) is 1. The van der Waals surface area contributed by atoms with E-state index in [-0.39, 0.29) is 18.3 Å². The highest BCUT2D eigenvalue weighted by molar-refractivity contribution is 6.03. The minimum absolute atomic E-state index is 0. The van der Waals surface area contributed by atoms with Gasteiger partial charge in [-0.25, -0.2) is 0 Å². The summed E-state index contributed by atoms with van der Waals surface area (Å²) in [5, 5.41) is 4.05. The first-order valence-corrected chi connectivity index (χ1v) is 6.91. The lowest BCUT2D eigenvalue weighted by Crippen LogP contribution is -2.46. The Bertz CT molecular complexity index is 620. The van der Waals surface area contributed by atoms with Crippen molar-refractivity contribution in [3.8, 4) is 0 Å². The maximum absolute atomic E-state index is 12.6. The van der Waals surface area contributed by atoms with Gasteiger partial charge in [-0.3, -0.25) is 4.79 Å². The summed E-state index contributed by atoms with van der Waals surface area (Å²) in [7, 11) is 0. The number of benzene rings is 1. The highest BCUT2D eigenvalue weighted by Gasteiger charge is 2.38. The average Bonchev–Trinajstić information content (AvgIpc) is 2.97. The lowest BCUT2D eigenvalue weighted by atomic mass is 9.79. The molecule has 114 valence electrons. The molecule has 0 spiro atoms. The first kappa shape index (κ1) is 15.8. The van der Waals surface area contributed by atoms with Gasteiger partial charge in [0.05, 0.1) is 11.1 Å². The van der Waals surface area contributed by atoms with E-state index in [4.69, 9.17) is 10.5 Å². The summed E-state index contributed by atoms with van der Waals surface area (Å²) in [5.41, 5.74) is 7.20. The van der Waals surface area contributed by atoms with Crippen LogP contribution in [0.15, 0.2) is 30.5 Å². The van der Waals surface area contributed by atoms with Crippen molar-refractivity contribution in [3.05, 3.63) is 30.5 Å². The Morgan fingerprint density at radius 3 is 2.81 bits per heavy atom. The molecular formula is C15H20ClN3O2. The summed E-state index contributed by atoms with van der Waals surface area (Å²) < 4.78 is 5.34. The molecule has 5 nitrogen and oxygen atoms in total. The van der Waals surface area contributed by atoms with Crippen LogP contribution in [0.4, 0.5) is 5.69 Å². The van der Waals surface area contributed by atoms with Crippen molar-refractivity contribution in [2.24, 2.45) is 11.1 Å². The molecule has 1 aromatic carbocycles. The molecule has 0 radical (unpaired) electrons. The van der Waals surface area contributed by atoms with E-state index in [0.29, 0.717) is 32.6 Å². The van der Waals surface area contributed by atoms with Crippen LogP contribution in [0, 0.1) is 5.41 Å². The lowest BCUT2D eigenvalue weighted by molar-refractivity contribution is -0.130. The smallest absolute Gasteiger partial charge is 0.232 e. The molecule has 21 heavy (non-hydrogen) atoms. The monoisotopic (exact) mass is 309 g/mol. The van der Waals surface area contributed by atoms with Gasteiger partial charge in [-0.1, -0.05) is 6.07 Å². The van der Waals surface area contributed by atoms with Crippen LogP contribution in [0.1, 0.15) is 12.8 Å². The van der Waals surface area contributed by atoms with Gasteiger partial charge in [0, 0.05) is 36.9 Å². The van der Waals surface area contributed by atoms with Crippen LogP contribution in [0.5, 0.6) is 0 Å². The third kappa shape index (κ3) is 2.90. The van der Waals surface area contributed by atoms with Gasteiger partial charge >= 0.3 is 0 Å². The van der Waals surface area contributed by atoms with E-state index in [1.807, 2.05) is 30.5 Å². The second-order valence-electron chi connectivity index (χ2n) is 5.30. The molecule has 6 heteroatoms. The normalized spacial score (nSPS) is 17.2. The number of carbonyl (C=O) groups excluding carboxylic acids is 1. The molecule has 1 amide bonds. The van der Waals surface area contributed by atoms with Gasteiger partial charge < -0.3 is 20.8 Å². The highest BCUT2D eigenvalue weighted by atomic mass is 35.5. The number of carbonyl (C=O) groups is 1. The predicted molar refractivity (Wildman–Crippen MR) is 85.7 cm³/mol. The molecule has 0 unspecified atom stereocenters. The molecule has 1 aromatic heterocycles. The van der Waals surface area contributed by atoms with Crippen molar-refractivity contribution in [2.75, 3.05) is 25.1 Å². The number of fused-ring (bicyclic) bond motifs is 1. The van der Waals surface area contributed by atoms with Gasteiger partial charge in [-0.15, -0.1) is 12.4 Å². The number of nitrogens with one attached hydrogen (secondary N) is 2. The summed E-state index contributed by atoms with van der Waals surface area (Å²) in [6, 6.07) is 7.79. The molecule has 0 atom stereocenters. The molecule has 4 N–H and O–H groups in total. The average molecular weight is 310 g/mol. The second kappa shape index (κ2) is 6.47. The fourth-order valence-electron chi connectivity index (χ4n) is 2.74. The minimum Gasteiger partial charge on any atom is -0.381 e. The molecule has 2 aromatic rings. The van der Waals surface area contributed by atoms with Crippen molar-refractivity contribution < 1.29 is 9.53 Å². The largest absolute Gasteiger partial charge is 0.381 e. The Balaban J connectivity index is 0.00000161. The fraction of sp³-hybridized carbons (Fsp3) is 0.400. The zero-order valence-corrected chi connectivity index (χ0v) is 12.5. The van der Waals surface area contributed by atoms with Crippen LogP contribution in [-0.2, 0) is 9.53 Å². The summed E-state index contributed by atoms with van der Waals surface area (Å²) in [5.74, 6) is -0.00278. The lowest BCUT2D eigenvalue weighted by Gasteiger charge is -2.34. The van der Waals surface area contributed by atoms with Crippen LogP contribution in [0.2, 0.25) is 0 Å². The van der Waals surface area contributed by atoms with Crippen molar-refractivity contribution >= 4 is 34.9 Å². The quantitative estimate of drug-likeness (QED) is 0.813. The van der Waals surface area contributed by atoms with Gasteiger partial charge in [0.1, 0.15) is 0 Å². The first-order chi connectivity index (χ1) is 9.75. The second-order valence-corrected chi connectivity index (χ2v) is 5.30. The number of rotatable bonds is 3. The van der Waals surface area contributed by atoms with Gasteiger partial charge in [-0.2, -0.15) is 0 Å². The van der Waals surface area contributed by atoms with Crippen molar-refractivity contribution in [1.29, 1.82) is 0 Å². The maximum atomic E-state index is 12.6. The molecule has 3 rings (SSSR count). The van der Waals surface area contributed by atoms with Gasteiger partial charge in [0.2, 0.25) is 5.91 Å². The molecule has 1 aliphatic rings. The molecule has 0 bridgehead atoms. The number of nitrogens with two attached hydrogens (primary N) is 1. The zero-order valence-electron chi connectivity index (χ0n) is 11.7. The molecule has 2 heterocycles. The van der Waals surface area contributed by atoms with Crippen molar-refractivity contribution in [2.45, 2.75) is 12.8 Å². The van der Waals surface area contributed by atoms with E-state index in [1.165, 1.54) is 0 Å². The number of anilines is 1. The zero-order chi connectivity index (χ0) is 14.0. The van der Waals surface area contributed by atoms with Crippen molar-refractivity contribution in [3.63, 3.8) is 0 Å². The number of hydrogen-bond acceptors (Lipinski definition) is 3. The van der Waals surface area contributed by atoms with E-state index < -0.39 is 5.41 Å². The topological polar surface area (TPSA) is 80.1 Å². The number of hydrogen-bond donors (Lipinski definition) is 3. The van der Waals surface area contributed by atoms with Gasteiger partial charge in [-0.05, 0) is 31.0 Å². The van der Waals surface area contributed by atoms with E-state index in [0.717, 1.165) is 16.6 Å². The highest BCUT2D eigenvalue weighted by Crippen LogP contribution is 2.32. The van der Waals surface area contributed by atoms with E-state index in [9.17, 15) is 4.79 Å². The number of amides is 1. The van der Waals surface area contributed by atoms with Crippen LogP contribution < -0.4 is 11.1 Å². The Kier molecular flexibility index (Phi) is 4.88. The van der Waals surface area contributed by atoms with Gasteiger partial charge in [0.15, 0.2) is 0 Å². The molecule has 1 saturated heterocycles. The van der Waals surface area contributed by atoms with Gasteiger partial charge in [0.25, 0.3) is 0 Å². The van der Waals surface area contributed by atoms with Crippen LogP contribution in [-0.4, -0.2) is 30.6 Å². The Hall–Kier alpha value is -1.56. The SMILES string of the molecule is Cl.NCC1(C(=O)Nc2cccc3[nH]ccc23)CCOCC1. The number of aromatic amines is 1. The first-order valence-electron chi connectivity index (χ1n) is 6.91. The number of H-pyrrole nitrogens is 1. The Labute approximate surface area is 129 Å².